The second kappa shape index (κ2) is 5.96. The number of nitrogens with one attached hydrogen (secondary N) is 1. The van der Waals surface area contributed by atoms with Gasteiger partial charge in [0.15, 0.2) is 5.78 Å². The van der Waals surface area contributed by atoms with Crippen LogP contribution in [0.15, 0.2) is 46.9 Å². The Labute approximate surface area is 123 Å². The number of anilines is 1. The van der Waals surface area contributed by atoms with Crippen molar-refractivity contribution in [1.29, 1.82) is 0 Å². The molecule has 0 fully saturated rings. The Morgan fingerprint density at radius 3 is 2.20 bits per heavy atom. The molecule has 1 amide bonds. The van der Waals surface area contributed by atoms with Crippen LogP contribution in [0.25, 0.3) is 0 Å². The molecule has 0 atom stereocenters. The molecule has 0 spiro atoms. The highest BCUT2D eigenvalue weighted by Gasteiger charge is 2.12. The molecule has 1 N–H and O–H groups in total. The lowest BCUT2D eigenvalue weighted by Crippen LogP contribution is -2.09. The maximum Gasteiger partial charge on any atom is 0.221 e. The highest BCUT2D eigenvalue weighted by molar-refractivity contribution is 9.10. The average Bonchev–Trinajstić information content (AvgIpc) is 2.41. The second-order valence-corrected chi connectivity index (χ2v) is 5.13. The van der Waals surface area contributed by atoms with Crippen LogP contribution in [0.4, 0.5) is 10.1 Å². The number of benzene rings is 2. The first kappa shape index (κ1) is 14.4. The van der Waals surface area contributed by atoms with E-state index in [1.54, 1.807) is 24.3 Å². The van der Waals surface area contributed by atoms with Gasteiger partial charge >= 0.3 is 0 Å². The van der Waals surface area contributed by atoms with Gasteiger partial charge in [0.1, 0.15) is 5.82 Å². The summed E-state index contributed by atoms with van der Waals surface area (Å²) in [7, 11) is 0. The maximum absolute atomic E-state index is 13.8. The zero-order valence-corrected chi connectivity index (χ0v) is 12.2. The third-order valence-electron chi connectivity index (χ3n) is 2.65. The van der Waals surface area contributed by atoms with Crippen LogP contribution >= 0.6 is 15.9 Å². The smallest absolute Gasteiger partial charge is 0.221 e. The summed E-state index contributed by atoms with van der Waals surface area (Å²) < 4.78 is 14.6. The lowest BCUT2D eigenvalue weighted by Gasteiger charge is -2.06. The van der Waals surface area contributed by atoms with Crippen molar-refractivity contribution in [2.24, 2.45) is 0 Å². The van der Waals surface area contributed by atoms with Crippen LogP contribution in [0.1, 0.15) is 22.8 Å². The van der Waals surface area contributed by atoms with Crippen molar-refractivity contribution in [2.75, 3.05) is 5.32 Å². The molecule has 0 aliphatic carbocycles. The van der Waals surface area contributed by atoms with E-state index in [-0.39, 0.29) is 22.9 Å². The normalized spacial score (nSPS) is 10.2. The summed E-state index contributed by atoms with van der Waals surface area (Å²) in [4.78, 5) is 23.1. The van der Waals surface area contributed by atoms with E-state index in [0.717, 1.165) is 10.5 Å². The van der Waals surface area contributed by atoms with Gasteiger partial charge in [0.2, 0.25) is 5.91 Å². The molecule has 0 bridgehead atoms. The molecule has 0 radical (unpaired) electrons. The van der Waals surface area contributed by atoms with E-state index in [9.17, 15) is 14.0 Å². The zero-order chi connectivity index (χ0) is 14.7. The first-order valence-electron chi connectivity index (χ1n) is 5.85. The fourth-order valence-electron chi connectivity index (χ4n) is 1.72. The molecule has 0 saturated carbocycles. The Balaban J connectivity index is 2.29. The van der Waals surface area contributed by atoms with Crippen LogP contribution in [0.5, 0.6) is 0 Å². The standard InChI is InChI=1S/C15H11BrFNO2/c1-9(19)18-14-7-4-11(8-13(14)17)15(20)10-2-5-12(16)6-3-10/h2-8H,1H3,(H,18,19). The third kappa shape index (κ3) is 3.30. The maximum atomic E-state index is 13.8. The summed E-state index contributed by atoms with van der Waals surface area (Å²) in [5.41, 5.74) is 0.767. The first-order chi connectivity index (χ1) is 9.47. The van der Waals surface area contributed by atoms with Crippen LogP contribution in [0, 0.1) is 5.82 Å². The summed E-state index contributed by atoms with van der Waals surface area (Å²) in [6.45, 7) is 1.29. The number of amides is 1. The van der Waals surface area contributed by atoms with Crippen LogP contribution in [0.3, 0.4) is 0 Å². The molecule has 102 valence electrons. The summed E-state index contributed by atoms with van der Waals surface area (Å²) in [5.74, 6) is -1.27. The number of carbonyl (C=O) groups excluding carboxylic acids is 2. The van der Waals surface area contributed by atoms with Gasteiger partial charge in [-0.25, -0.2) is 4.39 Å². The van der Waals surface area contributed by atoms with Crippen molar-refractivity contribution in [3.8, 4) is 0 Å². The van der Waals surface area contributed by atoms with E-state index in [1.165, 1.54) is 19.1 Å². The predicted molar refractivity (Wildman–Crippen MR) is 78.3 cm³/mol. The minimum atomic E-state index is -0.636. The zero-order valence-electron chi connectivity index (χ0n) is 10.6. The van der Waals surface area contributed by atoms with Gasteiger partial charge in [-0.1, -0.05) is 15.9 Å². The van der Waals surface area contributed by atoms with Gasteiger partial charge in [0.25, 0.3) is 0 Å². The topological polar surface area (TPSA) is 46.2 Å². The van der Waals surface area contributed by atoms with E-state index < -0.39 is 5.82 Å². The molecule has 2 aromatic rings. The number of rotatable bonds is 3. The van der Waals surface area contributed by atoms with Gasteiger partial charge < -0.3 is 5.32 Å². The molecule has 2 rings (SSSR count). The number of halogens is 2. The SMILES string of the molecule is CC(=O)Nc1ccc(C(=O)c2ccc(Br)cc2)cc1F. The highest BCUT2D eigenvalue weighted by Crippen LogP contribution is 2.19. The van der Waals surface area contributed by atoms with E-state index in [1.807, 2.05) is 0 Å². The fourth-order valence-corrected chi connectivity index (χ4v) is 1.98. The molecule has 0 unspecified atom stereocenters. The highest BCUT2D eigenvalue weighted by atomic mass is 79.9. The van der Waals surface area contributed by atoms with Crippen molar-refractivity contribution in [1.82, 2.24) is 0 Å². The van der Waals surface area contributed by atoms with Crippen LogP contribution in [-0.2, 0) is 4.79 Å². The molecule has 0 aliphatic rings. The molecule has 5 heteroatoms. The van der Waals surface area contributed by atoms with Crippen molar-refractivity contribution < 1.29 is 14.0 Å². The Morgan fingerprint density at radius 2 is 1.65 bits per heavy atom. The minimum Gasteiger partial charge on any atom is -0.324 e. The second-order valence-electron chi connectivity index (χ2n) is 4.21. The van der Waals surface area contributed by atoms with Gasteiger partial charge in [-0.05, 0) is 42.5 Å². The molecular weight excluding hydrogens is 325 g/mol. The molecule has 0 aromatic heterocycles. The number of hydrogen-bond donors (Lipinski definition) is 1. The van der Waals surface area contributed by atoms with Gasteiger partial charge in [-0.2, -0.15) is 0 Å². The van der Waals surface area contributed by atoms with Crippen molar-refractivity contribution in [3.63, 3.8) is 0 Å². The third-order valence-corrected chi connectivity index (χ3v) is 3.18. The van der Waals surface area contributed by atoms with Gasteiger partial charge in [0, 0.05) is 22.5 Å². The largest absolute Gasteiger partial charge is 0.324 e. The van der Waals surface area contributed by atoms with E-state index in [2.05, 4.69) is 21.2 Å². The number of ketones is 1. The van der Waals surface area contributed by atoms with Gasteiger partial charge in [0.05, 0.1) is 5.69 Å². The first-order valence-corrected chi connectivity index (χ1v) is 6.64. The van der Waals surface area contributed by atoms with Gasteiger partial charge in [-0.3, -0.25) is 9.59 Å². The summed E-state index contributed by atoms with van der Waals surface area (Å²) in [6.07, 6.45) is 0. The molecule has 0 heterocycles. The van der Waals surface area contributed by atoms with Crippen LogP contribution < -0.4 is 5.32 Å². The van der Waals surface area contributed by atoms with Crippen LogP contribution in [0.2, 0.25) is 0 Å². The Hall–Kier alpha value is -2.01. The molecule has 0 saturated heterocycles. The summed E-state index contributed by atoms with van der Waals surface area (Å²) >= 11 is 3.28. The Kier molecular flexibility index (Phi) is 4.29. The Bertz CT molecular complexity index is 668. The summed E-state index contributed by atoms with van der Waals surface area (Å²) in [6, 6.07) is 10.8. The molecule has 3 nitrogen and oxygen atoms in total. The minimum absolute atomic E-state index is 0.0601. The fraction of sp³-hybridized carbons (Fsp3) is 0.0667. The molecular formula is C15H11BrFNO2. The molecule has 0 aliphatic heterocycles. The lowest BCUT2D eigenvalue weighted by atomic mass is 10.0. The lowest BCUT2D eigenvalue weighted by molar-refractivity contribution is -0.114. The molecule has 20 heavy (non-hydrogen) atoms. The Morgan fingerprint density at radius 1 is 1.05 bits per heavy atom. The van der Waals surface area contributed by atoms with E-state index in [0.29, 0.717) is 5.56 Å². The van der Waals surface area contributed by atoms with Crippen molar-refractivity contribution in [3.05, 3.63) is 63.9 Å². The quantitative estimate of drug-likeness (QED) is 0.867. The average molecular weight is 336 g/mol. The van der Waals surface area contributed by atoms with E-state index >= 15 is 0 Å². The number of carbonyl (C=O) groups is 2. The van der Waals surface area contributed by atoms with Crippen molar-refractivity contribution >= 4 is 33.3 Å². The van der Waals surface area contributed by atoms with Crippen LogP contribution in [-0.4, -0.2) is 11.7 Å². The van der Waals surface area contributed by atoms with E-state index in [4.69, 9.17) is 0 Å². The summed E-state index contributed by atoms with van der Waals surface area (Å²) in [5, 5.41) is 2.36. The van der Waals surface area contributed by atoms with Crippen molar-refractivity contribution in [2.45, 2.75) is 6.92 Å². The monoisotopic (exact) mass is 335 g/mol. The predicted octanol–water partition coefficient (Wildman–Crippen LogP) is 3.78. The number of hydrogen-bond acceptors (Lipinski definition) is 2. The van der Waals surface area contributed by atoms with Gasteiger partial charge in [-0.15, -0.1) is 0 Å². The molecule has 2 aromatic carbocycles.